The number of carbonyl (C=O) groups excluding carboxylic acids is 1. The Hall–Kier alpha value is -2.49. The van der Waals surface area contributed by atoms with Gasteiger partial charge >= 0.3 is 6.03 Å². The highest BCUT2D eigenvalue weighted by atomic mass is 16.2. The van der Waals surface area contributed by atoms with Gasteiger partial charge in [0.1, 0.15) is 0 Å². The van der Waals surface area contributed by atoms with Crippen molar-refractivity contribution in [1.29, 1.82) is 0 Å². The van der Waals surface area contributed by atoms with E-state index in [-0.39, 0.29) is 6.03 Å². The Morgan fingerprint density at radius 3 is 2.81 bits per heavy atom. The molecule has 0 radical (unpaired) electrons. The molecule has 3 rings (SSSR count). The normalized spacial score (nSPS) is 13.0. The third-order valence-electron chi connectivity index (χ3n) is 3.62. The van der Waals surface area contributed by atoms with E-state index in [1.54, 1.807) is 0 Å². The Labute approximate surface area is 124 Å². The Morgan fingerprint density at radius 1 is 1.10 bits per heavy atom. The second-order valence-electron chi connectivity index (χ2n) is 5.16. The quantitative estimate of drug-likeness (QED) is 0.808. The molecule has 0 spiro atoms. The molecule has 1 heterocycles. The Kier molecular flexibility index (Phi) is 4.05. The first-order valence-electron chi connectivity index (χ1n) is 7.27. The number of benzene rings is 2. The highest BCUT2D eigenvalue weighted by Gasteiger charge is 2.13. The molecule has 2 amide bonds. The average Bonchev–Trinajstić information content (AvgIpc) is 2.54. The van der Waals surface area contributed by atoms with E-state index in [4.69, 9.17) is 0 Å². The minimum absolute atomic E-state index is 0.181. The van der Waals surface area contributed by atoms with E-state index in [1.807, 2.05) is 42.5 Å². The molecule has 0 saturated heterocycles. The lowest BCUT2D eigenvalue weighted by molar-refractivity contribution is 0.252. The van der Waals surface area contributed by atoms with Gasteiger partial charge in [0, 0.05) is 13.1 Å². The van der Waals surface area contributed by atoms with Crippen molar-refractivity contribution in [1.82, 2.24) is 5.32 Å². The summed E-state index contributed by atoms with van der Waals surface area (Å²) in [4.78, 5) is 12.0. The van der Waals surface area contributed by atoms with E-state index < -0.39 is 0 Å². The fraction of sp³-hybridized carbons (Fsp3) is 0.235. The van der Waals surface area contributed by atoms with Crippen LogP contribution >= 0.6 is 0 Å². The number of anilines is 2. The Bertz CT molecular complexity index is 625. The van der Waals surface area contributed by atoms with E-state index in [1.165, 1.54) is 5.56 Å². The van der Waals surface area contributed by atoms with Crippen LogP contribution in [0.15, 0.2) is 48.5 Å². The topological polar surface area (TPSA) is 53.2 Å². The summed E-state index contributed by atoms with van der Waals surface area (Å²) in [5, 5.41) is 9.17. The molecular formula is C17H19N3O. The molecule has 0 atom stereocenters. The molecule has 0 unspecified atom stereocenters. The van der Waals surface area contributed by atoms with Crippen LogP contribution in [0.5, 0.6) is 0 Å². The van der Waals surface area contributed by atoms with Crippen molar-refractivity contribution in [2.45, 2.75) is 19.4 Å². The summed E-state index contributed by atoms with van der Waals surface area (Å²) >= 11 is 0. The molecular weight excluding hydrogens is 262 g/mol. The zero-order chi connectivity index (χ0) is 14.5. The van der Waals surface area contributed by atoms with Crippen LogP contribution < -0.4 is 16.0 Å². The molecule has 4 nitrogen and oxygen atoms in total. The summed E-state index contributed by atoms with van der Waals surface area (Å²) in [5.41, 5.74) is 4.25. The van der Waals surface area contributed by atoms with Gasteiger partial charge in [-0.15, -0.1) is 0 Å². The zero-order valence-electron chi connectivity index (χ0n) is 11.9. The van der Waals surface area contributed by atoms with Crippen molar-refractivity contribution in [3.05, 3.63) is 59.7 Å². The molecule has 21 heavy (non-hydrogen) atoms. The lowest BCUT2D eigenvalue weighted by atomic mass is 10.0. The van der Waals surface area contributed by atoms with Crippen molar-refractivity contribution >= 4 is 17.4 Å². The second kappa shape index (κ2) is 6.31. The summed E-state index contributed by atoms with van der Waals surface area (Å²) in [6, 6.07) is 15.7. The van der Waals surface area contributed by atoms with Crippen molar-refractivity contribution < 1.29 is 4.79 Å². The Morgan fingerprint density at radius 2 is 1.95 bits per heavy atom. The number of urea groups is 1. The summed E-state index contributed by atoms with van der Waals surface area (Å²) < 4.78 is 0. The predicted octanol–water partition coefficient (Wildman–Crippen LogP) is 3.37. The van der Waals surface area contributed by atoms with E-state index in [2.05, 4.69) is 22.0 Å². The van der Waals surface area contributed by atoms with E-state index in [9.17, 15) is 4.79 Å². The number of amides is 2. The van der Waals surface area contributed by atoms with Crippen LogP contribution in [0.2, 0.25) is 0 Å². The number of nitrogens with one attached hydrogen (secondary N) is 3. The number of rotatable bonds is 3. The molecule has 0 bridgehead atoms. The number of hydrogen-bond donors (Lipinski definition) is 3. The first-order chi connectivity index (χ1) is 10.3. The molecule has 2 aromatic carbocycles. The van der Waals surface area contributed by atoms with Gasteiger partial charge in [-0.3, -0.25) is 0 Å². The van der Waals surface area contributed by atoms with Gasteiger partial charge in [0.2, 0.25) is 0 Å². The van der Waals surface area contributed by atoms with Crippen LogP contribution in [0.3, 0.4) is 0 Å². The lowest BCUT2D eigenvalue weighted by Crippen LogP contribution is -2.29. The van der Waals surface area contributed by atoms with Gasteiger partial charge < -0.3 is 16.0 Å². The largest absolute Gasteiger partial charge is 0.383 e. The van der Waals surface area contributed by atoms with Crippen LogP contribution in [0.1, 0.15) is 17.5 Å². The molecule has 108 valence electrons. The lowest BCUT2D eigenvalue weighted by Gasteiger charge is -2.21. The fourth-order valence-corrected chi connectivity index (χ4v) is 2.56. The van der Waals surface area contributed by atoms with Gasteiger partial charge in [0.25, 0.3) is 0 Å². The van der Waals surface area contributed by atoms with Gasteiger partial charge in [0.15, 0.2) is 0 Å². The summed E-state index contributed by atoms with van der Waals surface area (Å²) in [5.74, 6) is 0. The van der Waals surface area contributed by atoms with Crippen molar-refractivity contribution in [3.63, 3.8) is 0 Å². The zero-order valence-corrected chi connectivity index (χ0v) is 11.9. The Balaban J connectivity index is 1.63. The maximum Gasteiger partial charge on any atom is 0.319 e. The maximum atomic E-state index is 12.0. The number of carbonyl (C=O) groups is 1. The van der Waals surface area contributed by atoms with Crippen LogP contribution in [-0.4, -0.2) is 12.6 Å². The minimum Gasteiger partial charge on any atom is -0.383 e. The van der Waals surface area contributed by atoms with Gasteiger partial charge in [-0.2, -0.15) is 0 Å². The molecule has 1 aliphatic heterocycles. The molecule has 0 aromatic heterocycles. The fourth-order valence-electron chi connectivity index (χ4n) is 2.56. The SMILES string of the molecule is O=C(NCc1ccccc1)Nc1cccc2c1NCCC2. The summed E-state index contributed by atoms with van der Waals surface area (Å²) in [7, 11) is 0. The third-order valence-corrected chi connectivity index (χ3v) is 3.62. The summed E-state index contributed by atoms with van der Waals surface area (Å²) in [6.07, 6.45) is 2.19. The first kappa shape index (κ1) is 13.5. The van der Waals surface area contributed by atoms with E-state index in [0.29, 0.717) is 6.54 Å². The summed E-state index contributed by atoms with van der Waals surface area (Å²) in [6.45, 7) is 1.48. The first-order valence-corrected chi connectivity index (χ1v) is 7.27. The van der Waals surface area contributed by atoms with Gasteiger partial charge in [-0.05, 0) is 30.0 Å². The molecule has 3 N–H and O–H groups in total. The maximum absolute atomic E-state index is 12.0. The van der Waals surface area contributed by atoms with Crippen LogP contribution in [0, 0.1) is 0 Å². The van der Waals surface area contributed by atoms with Gasteiger partial charge in [-0.25, -0.2) is 4.79 Å². The standard InChI is InChI=1S/C17H19N3O/c21-17(19-12-13-6-2-1-3-7-13)20-15-10-4-8-14-9-5-11-18-16(14)15/h1-4,6-8,10,18H,5,9,11-12H2,(H2,19,20,21). The molecule has 4 heteroatoms. The third kappa shape index (κ3) is 3.34. The number of fused-ring (bicyclic) bond motifs is 1. The average molecular weight is 281 g/mol. The van der Waals surface area contributed by atoms with Crippen LogP contribution in [0.4, 0.5) is 16.2 Å². The molecule has 0 fully saturated rings. The molecule has 1 aliphatic rings. The van der Waals surface area contributed by atoms with Crippen molar-refractivity contribution in [2.24, 2.45) is 0 Å². The van der Waals surface area contributed by atoms with Gasteiger partial charge in [0.05, 0.1) is 11.4 Å². The van der Waals surface area contributed by atoms with Crippen LogP contribution in [-0.2, 0) is 13.0 Å². The molecule has 0 saturated carbocycles. The second-order valence-corrected chi connectivity index (χ2v) is 5.16. The molecule has 2 aromatic rings. The smallest absolute Gasteiger partial charge is 0.319 e. The monoisotopic (exact) mass is 281 g/mol. The number of hydrogen-bond acceptors (Lipinski definition) is 2. The minimum atomic E-state index is -0.181. The van der Waals surface area contributed by atoms with E-state index in [0.717, 1.165) is 36.3 Å². The van der Waals surface area contributed by atoms with Crippen LogP contribution in [0.25, 0.3) is 0 Å². The number of aryl methyl sites for hydroxylation is 1. The van der Waals surface area contributed by atoms with Gasteiger partial charge in [-0.1, -0.05) is 42.5 Å². The van der Waals surface area contributed by atoms with Crippen molar-refractivity contribution in [3.8, 4) is 0 Å². The molecule has 0 aliphatic carbocycles. The number of para-hydroxylation sites is 1. The van der Waals surface area contributed by atoms with Crippen molar-refractivity contribution in [2.75, 3.05) is 17.2 Å². The van der Waals surface area contributed by atoms with E-state index >= 15 is 0 Å². The predicted molar refractivity (Wildman–Crippen MR) is 85.6 cm³/mol. The highest BCUT2D eigenvalue weighted by molar-refractivity contribution is 5.93. The highest BCUT2D eigenvalue weighted by Crippen LogP contribution is 2.29.